The predicted octanol–water partition coefficient (Wildman–Crippen LogP) is 1.89. The third kappa shape index (κ3) is 3.65. The average Bonchev–Trinajstić information content (AvgIpc) is 3.05. The minimum atomic E-state index is -0.557. The van der Waals surface area contributed by atoms with Gasteiger partial charge in [-0.3, -0.25) is 9.59 Å². The molecule has 0 bridgehead atoms. The Morgan fingerprint density at radius 3 is 2.55 bits per heavy atom. The molecule has 1 aromatic heterocycles. The molecule has 1 atom stereocenters. The lowest BCUT2D eigenvalue weighted by molar-refractivity contribution is -0.858. The molecule has 7 nitrogen and oxygen atoms in total. The highest BCUT2D eigenvalue weighted by molar-refractivity contribution is 5.99. The molecule has 1 aliphatic heterocycles. The van der Waals surface area contributed by atoms with E-state index in [0.29, 0.717) is 34.6 Å². The van der Waals surface area contributed by atoms with E-state index >= 15 is 0 Å². The van der Waals surface area contributed by atoms with Crippen LogP contribution in [-0.2, 0) is 0 Å². The number of amides is 1. The Labute approximate surface area is 180 Å². The van der Waals surface area contributed by atoms with Crippen LogP contribution >= 0.6 is 0 Å². The van der Waals surface area contributed by atoms with Crippen LogP contribution in [0.15, 0.2) is 51.7 Å². The minimum absolute atomic E-state index is 0.0962. The molecule has 0 saturated carbocycles. The quantitative estimate of drug-likeness (QED) is 0.628. The fraction of sp³-hybridized carbons (Fsp3) is 0.333. The molecule has 3 aromatic rings. The number of rotatable bonds is 7. The van der Waals surface area contributed by atoms with E-state index in [2.05, 4.69) is 14.1 Å². The van der Waals surface area contributed by atoms with E-state index in [0.717, 1.165) is 18.5 Å². The summed E-state index contributed by atoms with van der Waals surface area (Å²) in [4.78, 5) is 30.0. The van der Waals surface area contributed by atoms with Crippen molar-refractivity contribution in [1.82, 2.24) is 4.90 Å². The van der Waals surface area contributed by atoms with Gasteiger partial charge < -0.3 is 23.7 Å². The first-order chi connectivity index (χ1) is 15.0. The highest BCUT2D eigenvalue weighted by Gasteiger charge is 2.43. The van der Waals surface area contributed by atoms with Gasteiger partial charge in [0.15, 0.2) is 5.43 Å². The zero-order valence-electron chi connectivity index (χ0n) is 18.2. The van der Waals surface area contributed by atoms with Gasteiger partial charge in [-0.2, -0.15) is 0 Å². The normalized spacial score (nSPS) is 15.6. The van der Waals surface area contributed by atoms with Crippen molar-refractivity contribution >= 4 is 16.9 Å². The highest BCUT2D eigenvalue weighted by atomic mass is 16.5. The maximum absolute atomic E-state index is 13.6. The van der Waals surface area contributed by atoms with Crippen LogP contribution in [0.1, 0.15) is 34.1 Å². The number of carbonyl (C=O) groups excluding carboxylic acids is 1. The Kier molecular flexibility index (Phi) is 5.69. The van der Waals surface area contributed by atoms with Gasteiger partial charge in [0.05, 0.1) is 51.9 Å². The van der Waals surface area contributed by atoms with E-state index < -0.39 is 6.04 Å². The summed E-state index contributed by atoms with van der Waals surface area (Å²) in [7, 11) is 7.28. The molecule has 2 heterocycles. The molecule has 31 heavy (non-hydrogen) atoms. The number of carbonyl (C=O) groups is 1. The molecule has 0 saturated heterocycles. The number of hydrogen-bond acceptors (Lipinski definition) is 5. The molecule has 0 fully saturated rings. The Balaban J connectivity index is 1.91. The second-order valence-electron chi connectivity index (χ2n) is 7.99. The molecule has 162 valence electrons. The first-order valence-electron chi connectivity index (χ1n) is 10.3. The second kappa shape index (κ2) is 8.43. The van der Waals surface area contributed by atoms with Gasteiger partial charge in [0, 0.05) is 24.6 Å². The summed E-state index contributed by atoms with van der Waals surface area (Å²) >= 11 is 0. The molecule has 0 aliphatic carbocycles. The van der Waals surface area contributed by atoms with Crippen LogP contribution in [0.25, 0.3) is 11.0 Å². The lowest BCUT2D eigenvalue weighted by Crippen LogP contribution is -3.05. The van der Waals surface area contributed by atoms with Gasteiger partial charge in [-0.25, -0.2) is 0 Å². The summed E-state index contributed by atoms with van der Waals surface area (Å²) in [6.07, 6.45) is 0.801. The number of quaternary nitrogens is 1. The summed E-state index contributed by atoms with van der Waals surface area (Å²) < 4.78 is 16.8. The van der Waals surface area contributed by atoms with Crippen LogP contribution < -0.4 is 19.8 Å². The van der Waals surface area contributed by atoms with Gasteiger partial charge in [-0.15, -0.1) is 0 Å². The number of fused-ring (bicyclic) bond motifs is 2. The van der Waals surface area contributed by atoms with Crippen molar-refractivity contribution < 1.29 is 23.6 Å². The lowest BCUT2D eigenvalue weighted by Gasteiger charge is -2.26. The first-order valence-corrected chi connectivity index (χ1v) is 10.3. The highest BCUT2D eigenvalue weighted by Crippen LogP contribution is 2.41. The summed E-state index contributed by atoms with van der Waals surface area (Å²) in [6.45, 7) is 1.41. The number of nitrogens with one attached hydrogen (secondary N) is 1. The summed E-state index contributed by atoms with van der Waals surface area (Å²) in [6, 6.07) is 12.0. The SMILES string of the molecule is COc1ccc2c(=O)c3c(oc2c1)C(=O)N(CCC[NH+](C)C)[C@@H]3c1ccccc1OC. The first kappa shape index (κ1) is 20.9. The zero-order chi connectivity index (χ0) is 22.1. The number of methoxy groups -OCH3 is 2. The molecule has 2 aromatic carbocycles. The minimum Gasteiger partial charge on any atom is -0.497 e. The van der Waals surface area contributed by atoms with Crippen LogP contribution in [0.5, 0.6) is 11.5 Å². The van der Waals surface area contributed by atoms with E-state index in [1.807, 2.05) is 24.3 Å². The molecule has 1 amide bonds. The molecular weight excluding hydrogens is 396 g/mol. The number of hydrogen-bond donors (Lipinski definition) is 1. The maximum atomic E-state index is 13.6. The van der Waals surface area contributed by atoms with E-state index in [1.165, 1.54) is 4.90 Å². The Morgan fingerprint density at radius 2 is 1.84 bits per heavy atom. The largest absolute Gasteiger partial charge is 0.497 e. The monoisotopic (exact) mass is 423 g/mol. The van der Waals surface area contributed by atoms with Crippen LogP contribution in [-0.4, -0.2) is 52.2 Å². The number of ether oxygens (including phenoxy) is 2. The molecule has 1 N–H and O–H groups in total. The third-order valence-corrected chi connectivity index (χ3v) is 5.68. The molecule has 0 unspecified atom stereocenters. The van der Waals surface area contributed by atoms with Crippen molar-refractivity contribution in [3.63, 3.8) is 0 Å². The number of para-hydroxylation sites is 1. The summed E-state index contributed by atoms with van der Waals surface area (Å²) in [5.41, 5.74) is 1.28. The van der Waals surface area contributed by atoms with Gasteiger partial charge in [-0.1, -0.05) is 18.2 Å². The van der Waals surface area contributed by atoms with Crippen LogP contribution in [0.3, 0.4) is 0 Å². The average molecular weight is 423 g/mol. The van der Waals surface area contributed by atoms with Gasteiger partial charge >= 0.3 is 0 Å². The fourth-order valence-electron chi connectivity index (χ4n) is 4.17. The molecule has 4 rings (SSSR count). The van der Waals surface area contributed by atoms with Crippen molar-refractivity contribution in [2.45, 2.75) is 12.5 Å². The molecule has 0 radical (unpaired) electrons. The van der Waals surface area contributed by atoms with Gasteiger partial charge in [0.25, 0.3) is 5.91 Å². The fourth-order valence-corrected chi connectivity index (χ4v) is 4.17. The molecule has 1 aliphatic rings. The maximum Gasteiger partial charge on any atom is 0.290 e. The van der Waals surface area contributed by atoms with Gasteiger partial charge in [-0.05, 0) is 18.2 Å². The Hall–Kier alpha value is -3.32. The van der Waals surface area contributed by atoms with Gasteiger partial charge in [0.1, 0.15) is 17.1 Å². The van der Waals surface area contributed by atoms with E-state index in [4.69, 9.17) is 13.9 Å². The van der Waals surface area contributed by atoms with Crippen molar-refractivity contribution in [3.05, 3.63) is 69.6 Å². The summed E-state index contributed by atoms with van der Waals surface area (Å²) in [5.74, 6) is 1.01. The standard InChI is InChI=1S/C24H26N2O5/c1-25(2)12-7-13-26-21(16-8-5-6-9-18(16)30-4)20-22(27)17-11-10-15(29-3)14-19(17)31-23(20)24(26)28/h5-6,8-11,14,21H,7,12-13H2,1-4H3/p+1/t21-/m1/s1. The molecule has 7 heteroatoms. The van der Waals surface area contributed by atoms with Crippen LogP contribution in [0.2, 0.25) is 0 Å². The zero-order valence-corrected chi connectivity index (χ0v) is 18.2. The topological polar surface area (TPSA) is 73.4 Å². The smallest absolute Gasteiger partial charge is 0.290 e. The van der Waals surface area contributed by atoms with Crippen LogP contribution in [0.4, 0.5) is 0 Å². The van der Waals surface area contributed by atoms with E-state index in [1.54, 1.807) is 37.3 Å². The molecular formula is C24H27N2O5+. The summed E-state index contributed by atoms with van der Waals surface area (Å²) in [5, 5.41) is 0.423. The van der Waals surface area contributed by atoms with E-state index in [9.17, 15) is 9.59 Å². The van der Waals surface area contributed by atoms with Crippen LogP contribution in [0, 0.1) is 0 Å². The third-order valence-electron chi connectivity index (χ3n) is 5.68. The Morgan fingerprint density at radius 1 is 1.06 bits per heavy atom. The Bertz CT molecular complexity index is 1180. The van der Waals surface area contributed by atoms with Crippen molar-refractivity contribution in [1.29, 1.82) is 0 Å². The van der Waals surface area contributed by atoms with Gasteiger partial charge in [0.2, 0.25) is 5.76 Å². The second-order valence-corrected chi connectivity index (χ2v) is 7.99. The predicted molar refractivity (Wildman–Crippen MR) is 117 cm³/mol. The van der Waals surface area contributed by atoms with Crippen molar-refractivity contribution in [2.24, 2.45) is 0 Å². The van der Waals surface area contributed by atoms with Crippen molar-refractivity contribution in [2.75, 3.05) is 41.4 Å². The number of nitrogens with zero attached hydrogens (tertiary/aromatic N) is 1. The number of benzene rings is 2. The molecule has 0 spiro atoms. The van der Waals surface area contributed by atoms with Crippen molar-refractivity contribution in [3.8, 4) is 11.5 Å². The van der Waals surface area contributed by atoms with E-state index in [-0.39, 0.29) is 17.1 Å². The lowest BCUT2D eigenvalue weighted by atomic mass is 9.97.